The summed E-state index contributed by atoms with van der Waals surface area (Å²) in [6, 6.07) is 4.26. The van der Waals surface area contributed by atoms with Gasteiger partial charge in [-0.15, -0.1) is 0 Å². The lowest BCUT2D eigenvalue weighted by atomic mass is 10.1. The Morgan fingerprint density at radius 2 is 1.80 bits per heavy atom. The van der Waals surface area contributed by atoms with E-state index < -0.39 is 11.7 Å². The Labute approximate surface area is 93.9 Å². The molecule has 1 rings (SSSR count). The third-order valence-electron chi connectivity index (χ3n) is 1.35. The zero-order valence-corrected chi connectivity index (χ0v) is 8.60. The van der Waals surface area contributed by atoms with Gasteiger partial charge in [0.25, 0.3) is 0 Å². The zero-order valence-electron chi connectivity index (χ0n) is 7.09. The Morgan fingerprint density at radius 1 is 1.27 bits per heavy atom. The Balaban J connectivity index is 0.000000583. The summed E-state index contributed by atoms with van der Waals surface area (Å²) in [7, 11) is 0. The molecule has 1 aromatic rings. The van der Waals surface area contributed by atoms with E-state index in [4.69, 9.17) is 0 Å². The lowest BCUT2D eigenvalue weighted by molar-refractivity contribution is -0.137. The lowest BCUT2D eigenvalue weighted by Gasteiger charge is -2.05. The highest BCUT2D eigenvalue weighted by atomic mass is 35.6. The van der Waals surface area contributed by atoms with Gasteiger partial charge >= 0.3 is 6.18 Å². The van der Waals surface area contributed by atoms with Crippen LogP contribution in [0.25, 0.3) is 0 Å². The van der Waals surface area contributed by atoms with Gasteiger partial charge in [0.1, 0.15) is 6.29 Å². The molecule has 15 heavy (non-hydrogen) atoms. The van der Waals surface area contributed by atoms with Crippen LogP contribution in [-0.4, -0.2) is 6.29 Å². The van der Waals surface area contributed by atoms with Crippen molar-refractivity contribution in [1.82, 2.24) is 0 Å². The van der Waals surface area contributed by atoms with Gasteiger partial charge in [-0.05, 0) is 12.1 Å². The summed E-state index contributed by atoms with van der Waals surface area (Å²) in [5, 5.41) is 0. The van der Waals surface area contributed by atoms with Crippen LogP contribution in [0, 0.1) is 0 Å². The molecule has 0 atom stereocenters. The Morgan fingerprint density at radius 3 is 2.20 bits per heavy atom. The van der Waals surface area contributed by atoms with Crippen molar-refractivity contribution in [1.29, 1.82) is 0 Å². The molecule has 0 saturated carbocycles. The first-order valence-electron chi connectivity index (χ1n) is 3.47. The van der Waals surface area contributed by atoms with E-state index in [2.05, 4.69) is 27.6 Å². The number of alkyl halides is 3. The number of carbonyl (C=O) groups excluding carboxylic acids is 1. The van der Waals surface area contributed by atoms with Gasteiger partial charge in [-0.3, -0.25) is 4.79 Å². The summed E-state index contributed by atoms with van der Waals surface area (Å²) in [5.41, 5.74) is -0.767. The van der Waals surface area contributed by atoms with Crippen LogP contribution < -0.4 is 0 Å². The average Bonchev–Trinajstić information content (AvgIpc) is 2.18. The van der Waals surface area contributed by atoms with E-state index in [9.17, 15) is 18.0 Å². The quantitative estimate of drug-likeness (QED) is 0.718. The number of aldehydes is 1. The molecule has 0 fully saturated rings. The number of hydrogen-bond donors (Lipinski definition) is 0. The van der Waals surface area contributed by atoms with Crippen LogP contribution in [0.2, 0.25) is 0 Å². The molecule has 0 aliphatic carbocycles. The second kappa shape index (κ2) is 6.66. The molecule has 0 aliphatic rings. The van der Waals surface area contributed by atoms with E-state index in [1.807, 2.05) is 0 Å². The topological polar surface area (TPSA) is 26.3 Å². The fourth-order valence-electron chi connectivity index (χ4n) is 0.788. The standard InChI is InChI=1S/C8H5F3O.Cl2O/c9-8(10,11)7-3-1-2-6(4-7)5-12;1-3-2/h1-5H;. The number of rotatable bonds is 1. The van der Waals surface area contributed by atoms with Crippen molar-refractivity contribution in [3.63, 3.8) is 0 Å². The van der Waals surface area contributed by atoms with Crippen LogP contribution in [0.1, 0.15) is 15.9 Å². The van der Waals surface area contributed by atoms with Crippen molar-refractivity contribution < 1.29 is 21.8 Å². The largest absolute Gasteiger partial charge is 0.416 e. The van der Waals surface area contributed by atoms with Gasteiger partial charge in [0.15, 0.2) is 0 Å². The molecule has 0 bridgehead atoms. The minimum atomic E-state index is -4.38. The summed E-state index contributed by atoms with van der Waals surface area (Å²) in [4.78, 5) is 10.1. The third kappa shape index (κ3) is 5.61. The smallest absolute Gasteiger partial charge is 0.298 e. The van der Waals surface area contributed by atoms with Crippen molar-refractivity contribution in [2.24, 2.45) is 0 Å². The molecule has 0 unspecified atom stereocenters. The molecule has 0 N–H and O–H groups in total. The lowest BCUT2D eigenvalue weighted by Crippen LogP contribution is -2.04. The molecule has 0 aromatic heterocycles. The van der Waals surface area contributed by atoms with Gasteiger partial charge in [0.2, 0.25) is 0 Å². The molecule has 2 nitrogen and oxygen atoms in total. The second-order valence-electron chi connectivity index (χ2n) is 2.30. The minimum absolute atomic E-state index is 0.0322. The van der Waals surface area contributed by atoms with Crippen LogP contribution in [0.4, 0.5) is 13.2 Å². The van der Waals surface area contributed by atoms with Gasteiger partial charge in [0.05, 0.1) is 29.3 Å². The first-order chi connectivity index (χ1) is 6.95. The number of hydrogen-bond acceptors (Lipinski definition) is 2. The van der Waals surface area contributed by atoms with E-state index in [1.165, 1.54) is 12.1 Å². The molecule has 0 radical (unpaired) electrons. The predicted molar refractivity (Wildman–Crippen MR) is 49.6 cm³/mol. The summed E-state index contributed by atoms with van der Waals surface area (Å²) in [5.74, 6) is 0. The molecule has 0 spiro atoms. The first kappa shape index (κ1) is 14.2. The van der Waals surface area contributed by atoms with Gasteiger partial charge in [0, 0.05) is 5.56 Å². The van der Waals surface area contributed by atoms with Crippen LogP contribution in [0.15, 0.2) is 24.3 Å². The monoisotopic (exact) mass is 260 g/mol. The van der Waals surface area contributed by atoms with Crippen molar-refractivity contribution in [3.05, 3.63) is 35.4 Å². The predicted octanol–water partition coefficient (Wildman–Crippen LogP) is 3.83. The number of benzene rings is 1. The molecular weight excluding hydrogens is 256 g/mol. The highest BCUT2D eigenvalue weighted by Gasteiger charge is 2.30. The Kier molecular flexibility index (Phi) is 6.31. The second-order valence-corrected chi connectivity index (χ2v) is 2.77. The molecule has 7 heteroatoms. The highest BCUT2D eigenvalue weighted by molar-refractivity contribution is 6.24. The summed E-state index contributed by atoms with van der Waals surface area (Å²) >= 11 is 8.53. The molecule has 0 saturated heterocycles. The van der Waals surface area contributed by atoms with E-state index in [1.54, 1.807) is 0 Å². The first-order valence-corrected chi connectivity index (χ1v) is 4.09. The molecule has 0 heterocycles. The highest BCUT2D eigenvalue weighted by Crippen LogP contribution is 2.29. The van der Waals surface area contributed by atoms with Gasteiger partial charge in [-0.1, -0.05) is 12.1 Å². The average molecular weight is 261 g/mol. The fourth-order valence-corrected chi connectivity index (χ4v) is 0.788. The molecule has 0 amide bonds. The summed E-state index contributed by atoms with van der Waals surface area (Å²) in [6.07, 6.45) is -3.99. The van der Waals surface area contributed by atoms with Crippen molar-refractivity contribution >= 4 is 30.0 Å². The van der Waals surface area contributed by atoms with Crippen LogP contribution in [-0.2, 0) is 10.0 Å². The van der Waals surface area contributed by atoms with E-state index in [-0.39, 0.29) is 5.56 Å². The number of halogens is 5. The molecule has 84 valence electrons. The Bertz CT molecular complexity index is 315. The van der Waals surface area contributed by atoms with Crippen LogP contribution >= 0.6 is 23.7 Å². The van der Waals surface area contributed by atoms with Gasteiger partial charge in [-0.2, -0.15) is 17.0 Å². The summed E-state index contributed by atoms with van der Waals surface area (Å²) < 4.78 is 39.2. The van der Waals surface area contributed by atoms with E-state index >= 15 is 0 Å². The SMILES string of the molecule is ClOCl.O=Cc1cccc(C(F)(F)F)c1. The van der Waals surface area contributed by atoms with Crippen molar-refractivity contribution in [2.45, 2.75) is 6.18 Å². The van der Waals surface area contributed by atoms with Crippen LogP contribution in [0.3, 0.4) is 0 Å². The zero-order chi connectivity index (χ0) is 11.9. The minimum Gasteiger partial charge on any atom is -0.298 e. The third-order valence-corrected chi connectivity index (χ3v) is 1.35. The van der Waals surface area contributed by atoms with Crippen molar-refractivity contribution in [2.75, 3.05) is 0 Å². The molecule has 0 aliphatic heterocycles. The number of carbonyl (C=O) groups is 1. The summed E-state index contributed by atoms with van der Waals surface area (Å²) in [6.45, 7) is 0. The van der Waals surface area contributed by atoms with Gasteiger partial charge in [-0.25, -0.2) is 0 Å². The van der Waals surface area contributed by atoms with E-state index in [0.717, 1.165) is 12.1 Å². The fraction of sp³-hybridized carbons (Fsp3) is 0.125. The normalized spacial score (nSPS) is 10.2. The Hall–Kier alpha value is -0.780. The molecular formula is C8H5Cl2F3O2. The van der Waals surface area contributed by atoms with Crippen LogP contribution in [0.5, 0.6) is 0 Å². The maximum atomic E-state index is 12.0. The maximum absolute atomic E-state index is 12.0. The maximum Gasteiger partial charge on any atom is 0.416 e. The van der Waals surface area contributed by atoms with E-state index in [0.29, 0.717) is 6.29 Å². The van der Waals surface area contributed by atoms with Crippen molar-refractivity contribution in [3.8, 4) is 0 Å². The van der Waals surface area contributed by atoms with Gasteiger partial charge < -0.3 is 0 Å². The molecule has 1 aromatic carbocycles.